The molecule has 200 valence electrons. The first kappa shape index (κ1) is 26.3. The van der Waals surface area contributed by atoms with Gasteiger partial charge < -0.3 is 0 Å². The van der Waals surface area contributed by atoms with E-state index < -0.39 is 0 Å². The van der Waals surface area contributed by atoms with Gasteiger partial charge in [-0.3, -0.25) is 0 Å². The Morgan fingerprint density at radius 2 is 0.951 bits per heavy atom. The van der Waals surface area contributed by atoms with E-state index in [-0.39, 0.29) is 0 Å². The molecule has 0 fully saturated rings. The van der Waals surface area contributed by atoms with Crippen LogP contribution in [-0.2, 0) is 7.05 Å². The summed E-state index contributed by atoms with van der Waals surface area (Å²) in [6, 6.07) is 35.5. The summed E-state index contributed by atoms with van der Waals surface area (Å²) < 4.78 is 2.22. The second-order valence-corrected chi connectivity index (χ2v) is 10.7. The van der Waals surface area contributed by atoms with Crippen molar-refractivity contribution in [1.29, 1.82) is 0 Å². The summed E-state index contributed by atoms with van der Waals surface area (Å²) in [5.41, 5.74) is 12.7. The highest BCUT2D eigenvalue weighted by atomic mass is 15.0. The van der Waals surface area contributed by atoms with Crippen LogP contribution in [-0.4, -0.2) is 15.0 Å². The summed E-state index contributed by atoms with van der Waals surface area (Å²) in [5, 5.41) is 0. The Morgan fingerprint density at radius 1 is 0.463 bits per heavy atom. The number of aryl methyl sites for hydroxylation is 5. The standard InChI is InChI=1S/C37H33N4/c1-24-14-12-13-19-31(24)33-22-32(27(4)23-41(33)5)34-25(2)20-30(21-26(34)3)37-39-35(28-15-8-6-9-16-28)38-36(40-37)29-17-10-7-11-18-29/h6-23H,1-5H3/q+1. The van der Waals surface area contributed by atoms with Gasteiger partial charge in [0.1, 0.15) is 7.05 Å². The second-order valence-electron chi connectivity index (χ2n) is 10.7. The average Bonchev–Trinajstić information content (AvgIpc) is 2.99. The average molecular weight is 534 g/mol. The summed E-state index contributed by atoms with van der Waals surface area (Å²) in [7, 11) is 2.12. The molecule has 0 bridgehead atoms. The maximum Gasteiger partial charge on any atom is 0.213 e. The van der Waals surface area contributed by atoms with Gasteiger partial charge in [-0.05, 0) is 73.7 Å². The van der Waals surface area contributed by atoms with E-state index >= 15 is 0 Å². The first-order chi connectivity index (χ1) is 19.9. The minimum Gasteiger partial charge on any atom is -0.208 e. The fourth-order valence-electron chi connectivity index (χ4n) is 5.63. The van der Waals surface area contributed by atoms with E-state index in [0.717, 1.165) is 16.7 Å². The highest BCUT2D eigenvalue weighted by Gasteiger charge is 2.20. The van der Waals surface area contributed by atoms with E-state index in [9.17, 15) is 0 Å². The normalized spacial score (nSPS) is 11.0. The molecule has 0 atom stereocenters. The van der Waals surface area contributed by atoms with Crippen LogP contribution in [0.3, 0.4) is 0 Å². The molecule has 4 nitrogen and oxygen atoms in total. The molecule has 0 radical (unpaired) electrons. The van der Waals surface area contributed by atoms with Crippen molar-refractivity contribution < 1.29 is 4.57 Å². The Hall–Kier alpha value is -4.96. The number of pyridine rings is 1. The lowest BCUT2D eigenvalue weighted by molar-refractivity contribution is -0.660. The molecule has 0 saturated carbocycles. The minimum absolute atomic E-state index is 0.670. The first-order valence-electron chi connectivity index (χ1n) is 13.9. The van der Waals surface area contributed by atoms with Gasteiger partial charge >= 0.3 is 0 Å². The maximum absolute atomic E-state index is 4.95. The van der Waals surface area contributed by atoms with Gasteiger partial charge in [0.25, 0.3) is 0 Å². The van der Waals surface area contributed by atoms with E-state index in [1.807, 2.05) is 60.7 Å². The number of aromatic nitrogens is 4. The van der Waals surface area contributed by atoms with Crippen molar-refractivity contribution in [3.63, 3.8) is 0 Å². The highest BCUT2D eigenvalue weighted by Crippen LogP contribution is 2.35. The monoisotopic (exact) mass is 533 g/mol. The highest BCUT2D eigenvalue weighted by molar-refractivity contribution is 5.80. The van der Waals surface area contributed by atoms with Gasteiger partial charge in [0, 0.05) is 33.9 Å². The molecule has 0 aliphatic rings. The molecule has 0 N–H and O–H groups in total. The molecular weight excluding hydrogens is 500 g/mol. The van der Waals surface area contributed by atoms with Crippen molar-refractivity contribution in [2.75, 3.05) is 0 Å². The molecule has 41 heavy (non-hydrogen) atoms. The SMILES string of the molecule is Cc1c[n+](C)c(-c2ccccc2C)cc1-c1c(C)cc(-c2nc(-c3ccccc3)nc(-c3ccccc3)n2)cc1C. The molecule has 0 saturated heterocycles. The van der Waals surface area contributed by atoms with Crippen molar-refractivity contribution in [1.82, 2.24) is 15.0 Å². The molecule has 0 unspecified atom stereocenters. The summed E-state index contributed by atoms with van der Waals surface area (Å²) >= 11 is 0. The first-order valence-corrected chi connectivity index (χ1v) is 13.9. The lowest BCUT2D eigenvalue weighted by Crippen LogP contribution is -2.31. The molecule has 6 aromatic rings. The van der Waals surface area contributed by atoms with Crippen LogP contribution in [0.5, 0.6) is 0 Å². The second kappa shape index (κ2) is 10.9. The molecule has 6 rings (SSSR count). The Labute approximate surface area is 242 Å². The number of rotatable bonds is 5. The predicted molar refractivity (Wildman–Crippen MR) is 167 cm³/mol. The van der Waals surface area contributed by atoms with E-state index in [4.69, 9.17) is 15.0 Å². The third-order valence-corrected chi connectivity index (χ3v) is 7.65. The smallest absolute Gasteiger partial charge is 0.208 e. The molecule has 4 heteroatoms. The summed E-state index contributed by atoms with van der Waals surface area (Å²) in [6.07, 6.45) is 2.23. The molecular formula is C37H33N4+. The van der Waals surface area contributed by atoms with Crippen molar-refractivity contribution in [3.8, 4) is 56.5 Å². The number of nitrogens with zero attached hydrogens (tertiary/aromatic N) is 4. The Balaban J connectivity index is 1.50. The predicted octanol–water partition coefficient (Wildman–Crippen LogP) is 8.26. The van der Waals surface area contributed by atoms with Crippen molar-refractivity contribution in [2.45, 2.75) is 27.7 Å². The van der Waals surface area contributed by atoms with Gasteiger partial charge in [-0.1, -0.05) is 78.9 Å². The van der Waals surface area contributed by atoms with E-state index in [0.29, 0.717) is 17.5 Å². The van der Waals surface area contributed by atoms with E-state index in [1.165, 1.54) is 44.6 Å². The van der Waals surface area contributed by atoms with Crippen LogP contribution in [0.4, 0.5) is 0 Å². The largest absolute Gasteiger partial charge is 0.213 e. The Bertz CT molecular complexity index is 1800. The zero-order valence-corrected chi connectivity index (χ0v) is 24.2. The molecule has 4 aromatic carbocycles. The molecule has 2 aromatic heterocycles. The summed E-state index contributed by atoms with van der Waals surface area (Å²) in [5.74, 6) is 2.01. The van der Waals surface area contributed by atoms with E-state index in [2.05, 4.69) is 88.0 Å². The number of hydrogen-bond donors (Lipinski definition) is 0. The van der Waals surface area contributed by atoms with Crippen LogP contribution in [0.2, 0.25) is 0 Å². The topological polar surface area (TPSA) is 42.5 Å². The fourth-order valence-corrected chi connectivity index (χ4v) is 5.63. The quantitative estimate of drug-likeness (QED) is 0.210. The zero-order valence-electron chi connectivity index (χ0n) is 24.2. The van der Waals surface area contributed by atoms with Gasteiger partial charge in [-0.25, -0.2) is 19.5 Å². The summed E-state index contributed by atoms with van der Waals surface area (Å²) in [4.78, 5) is 14.8. The Kier molecular flexibility index (Phi) is 6.98. The lowest BCUT2D eigenvalue weighted by Gasteiger charge is -2.16. The third kappa shape index (κ3) is 5.17. The molecule has 0 amide bonds. The van der Waals surface area contributed by atoms with Gasteiger partial charge in [0.15, 0.2) is 23.7 Å². The van der Waals surface area contributed by atoms with Gasteiger partial charge in [0.05, 0.1) is 0 Å². The Morgan fingerprint density at radius 3 is 1.49 bits per heavy atom. The van der Waals surface area contributed by atoms with Crippen molar-refractivity contribution >= 4 is 0 Å². The number of hydrogen-bond acceptors (Lipinski definition) is 3. The lowest BCUT2D eigenvalue weighted by atomic mass is 9.90. The maximum atomic E-state index is 4.95. The minimum atomic E-state index is 0.670. The number of benzene rings is 4. The van der Waals surface area contributed by atoms with Crippen LogP contribution in [0.25, 0.3) is 56.5 Å². The van der Waals surface area contributed by atoms with Crippen molar-refractivity contribution in [3.05, 3.63) is 132 Å². The van der Waals surface area contributed by atoms with Gasteiger partial charge in [-0.2, -0.15) is 0 Å². The van der Waals surface area contributed by atoms with Crippen LogP contribution in [0.1, 0.15) is 22.3 Å². The molecule has 0 aliphatic carbocycles. The van der Waals surface area contributed by atoms with Gasteiger partial charge in [0.2, 0.25) is 5.69 Å². The molecule has 0 aliphatic heterocycles. The van der Waals surface area contributed by atoms with Crippen LogP contribution in [0.15, 0.2) is 109 Å². The fraction of sp³-hybridized carbons (Fsp3) is 0.135. The molecule has 2 heterocycles. The zero-order chi connectivity index (χ0) is 28.5. The van der Waals surface area contributed by atoms with Crippen molar-refractivity contribution in [2.24, 2.45) is 7.05 Å². The van der Waals surface area contributed by atoms with Crippen LogP contribution < -0.4 is 4.57 Å². The summed E-state index contributed by atoms with van der Waals surface area (Å²) in [6.45, 7) is 8.72. The molecule has 0 spiro atoms. The van der Waals surface area contributed by atoms with Gasteiger partial charge in [-0.15, -0.1) is 0 Å². The third-order valence-electron chi connectivity index (χ3n) is 7.65. The van der Waals surface area contributed by atoms with Crippen LogP contribution >= 0.6 is 0 Å². The van der Waals surface area contributed by atoms with Crippen LogP contribution in [0, 0.1) is 27.7 Å². The van der Waals surface area contributed by atoms with E-state index in [1.54, 1.807) is 0 Å².